The largest absolute Gasteiger partial charge is 0.493 e. The number of hydrogen-bond donors (Lipinski definition) is 1. The average Bonchev–Trinajstić information content (AvgIpc) is 2.67. The zero-order valence-corrected chi connectivity index (χ0v) is 18.3. The van der Waals surface area contributed by atoms with Crippen molar-refractivity contribution >= 4 is 51.5 Å². The third-order valence-corrected chi connectivity index (χ3v) is 5.23. The lowest BCUT2D eigenvalue weighted by molar-refractivity contribution is 0.282. The molecule has 0 heterocycles. The molecule has 0 spiro atoms. The molecule has 0 aliphatic heterocycles. The highest BCUT2D eigenvalue weighted by molar-refractivity contribution is 14.1. The lowest BCUT2D eigenvalue weighted by Crippen LogP contribution is -2.03. The smallest absolute Gasteiger partial charge is 0.174 e. The lowest BCUT2D eigenvalue weighted by atomic mass is 10.2. The van der Waals surface area contributed by atoms with Crippen LogP contribution >= 0.6 is 45.8 Å². The second-order valence-corrected chi connectivity index (χ2v) is 7.92. The maximum atomic E-state index is 6.01. The van der Waals surface area contributed by atoms with Crippen molar-refractivity contribution in [2.45, 2.75) is 13.2 Å². The molecule has 0 aliphatic rings. The Bertz CT molecular complexity index is 899. The van der Waals surface area contributed by atoms with Crippen molar-refractivity contribution in [1.29, 1.82) is 0 Å². The summed E-state index contributed by atoms with van der Waals surface area (Å²) in [6.07, 6.45) is 0. The fourth-order valence-electron chi connectivity index (χ4n) is 2.52. The fourth-order valence-corrected chi connectivity index (χ4v) is 3.60. The molecule has 0 radical (unpaired) electrons. The second kappa shape index (κ2) is 9.53. The van der Waals surface area contributed by atoms with Gasteiger partial charge in [-0.05, 0) is 82.2 Å². The Morgan fingerprint density at radius 1 is 0.889 bits per heavy atom. The number of methoxy groups -OCH3 is 1. The van der Waals surface area contributed by atoms with E-state index in [9.17, 15) is 0 Å². The van der Waals surface area contributed by atoms with Gasteiger partial charge in [-0.15, -0.1) is 0 Å². The van der Waals surface area contributed by atoms with Crippen molar-refractivity contribution in [3.8, 4) is 11.5 Å². The minimum absolute atomic E-state index is 0.450. The number of halogens is 3. The summed E-state index contributed by atoms with van der Waals surface area (Å²) in [7, 11) is 1.65. The molecular weight excluding hydrogens is 496 g/mol. The Balaban J connectivity index is 1.70. The fraction of sp³-hybridized carbons (Fsp3) is 0.143. The minimum Gasteiger partial charge on any atom is -0.493 e. The summed E-state index contributed by atoms with van der Waals surface area (Å²) in [4.78, 5) is 0. The number of anilines is 1. The first-order valence-electron chi connectivity index (χ1n) is 8.28. The van der Waals surface area contributed by atoms with Gasteiger partial charge in [-0.25, -0.2) is 0 Å². The molecule has 0 atom stereocenters. The van der Waals surface area contributed by atoms with Crippen LogP contribution in [0.15, 0.2) is 60.7 Å². The van der Waals surface area contributed by atoms with E-state index in [4.69, 9.17) is 32.7 Å². The molecule has 6 heteroatoms. The highest BCUT2D eigenvalue weighted by Crippen LogP contribution is 2.35. The molecule has 27 heavy (non-hydrogen) atoms. The molecule has 0 amide bonds. The molecule has 0 saturated heterocycles. The van der Waals surface area contributed by atoms with Crippen LogP contribution in [0.4, 0.5) is 5.69 Å². The van der Waals surface area contributed by atoms with Crippen molar-refractivity contribution in [1.82, 2.24) is 0 Å². The van der Waals surface area contributed by atoms with Crippen LogP contribution in [0, 0.1) is 3.57 Å². The first kappa shape index (κ1) is 20.1. The van der Waals surface area contributed by atoms with Gasteiger partial charge in [-0.2, -0.15) is 0 Å². The van der Waals surface area contributed by atoms with Crippen molar-refractivity contribution in [2.24, 2.45) is 0 Å². The van der Waals surface area contributed by atoms with Crippen molar-refractivity contribution in [3.63, 3.8) is 0 Å². The Morgan fingerprint density at radius 3 is 2.15 bits per heavy atom. The van der Waals surface area contributed by atoms with Gasteiger partial charge < -0.3 is 14.8 Å². The summed E-state index contributed by atoms with van der Waals surface area (Å²) >= 11 is 14.1. The van der Waals surface area contributed by atoms with E-state index in [-0.39, 0.29) is 0 Å². The molecule has 3 aromatic rings. The van der Waals surface area contributed by atoms with Crippen LogP contribution in [0.1, 0.15) is 11.1 Å². The Morgan fingerprint density at radius 2 is 1.52 bits per heavy atom. The van der Waals surface area contributed by atoms with Crippen LogP contribution < -0.4 is 14.8 Å². The maximum absolute atomic E-state index is 6.01. The minimum atomic E-state index is 0.450. The summed E-state index contributed by atoms with van der Waals surface area (Å²) < 4.78 is 12.5. The van der Waals surface area contributed by atoms with Gasteiger partial charge in [0, 0.05) is 22.3 Å². The van der Waals surface area contributed by atoms with Gasteiger partial charge in [0.25, 0.3) is 0 Å². The molecule has 0 bridgehead atoms. The SMILES string of the molecule is COc1cc(CNc2ccc(Cl)cc2)cc(I)c1OCc1ccc(Cl)cc1. The topological polar surface area (TPSA) is 30.5 Å². The summed E-state index contributed by atoms with van der Waals surface area (Å²) in [6, 6.07) is 19.3. The molecule has 3 aromatic carbocycles. The van der Waals surface area contributed by atoms with Crippen molar-refractivity contribution in [3.05, 3.63) is 85.4 Å². The zero-order valence-electron chi connectivity index (χ0n) is 14.6. The van der Waals surface area contributed by atoms with Gasteiger partial charge >= 0.3 is 0 Å². The van der Waals surface area contributed by atoms with E-state index in [1.165, 1.54) is 0 Å². The first-order valence-corrected chi connectivity index (χ1v) is 10.1. The molecule has 3 rings (SSSR count). The summed E-state index contributed by atoms with van der Waals surface area (Å²) in [5, 5.41) is 4.81. The monoisotopic (exact) mass is 513 g/mol. The van der Waals surface area contributed by atoms with Crippen molar-refractivity contribution < 1.29 is 9.47 Å². The maximum Gasteiger partial charge on any atom is 0.174 e. The molecule has 1 N–H and O–H groups in total. The third-order valence-electron chi connectivity index (χ3n) is 3.93. The van der Waals surface area contributed by atoms with Gasteiger partial charge in [0.2, 0.25) is 0 Å². The quantitative estimate of drug-likeness (QED) is 0.352. The summed E-state index contributed by atoms with van der Waals surface area (Å²) in [6.45, 7) is 1.12. The van der Waals surface area contributed by atoms with Crippen LogP contribution in [-0.2, 0) is 13.2 Å². The van der Waals surface area contributed by atoms with E-state index in [0.29, 0.717) is 23.9 Å². The molecule has 0 aliphatic carbocycles. The van der Waals surface area contributed by atoms with E-state index >= 15 is 0 Å². The number of hydrogen-bond acceptors (Lipinski definition) is 3. The predicted octanol–water partition coefficient (Wildman–Crippen LogP) is 6.80. The van der Waals surface area contributed by atoms with E-state index in [1.807, 2.05) is 54.6 Å². The number of nitrogens with one attached hydrogen (secondary N) is 1. The van der Waals surface area contributed by atoms with E-state index in [2.05, 4.69) is 34.0 Å². The summed E-state index contributed by atoms with van der Waals surface area (Å²) in [5.74, 6) is 1.45. The highest BCUT2D eigenvalue weighted by Gasteiger charge is 2.12. The van der Waals surface area contributed by atoms with Gasteiger partial charge in [0.1, 0.15) is 6.61 Å². The molecule has 3 nitrogen and oxygen atoms in total. The zero-order chi connectivity index (χ0) is 19.2. The van der Waals surface area contributed by atoms with Gasteiger partial charge in [0.05, 0.1) is 10.7 Å². The standard InChI is InChI=1S/C21H18Cl2INO2/c1-26-20-11-15(12-25-18-8-6-17(23)7-9-18)10-19(24)21(20)27-13-14-2-4-16(22)5-3-14/h2-11,25H,12-13H2,1H3. The number of benzene rings is 3. The Kier molecular flexibility index (Phi) is 7.10. The van der Waals surface area contributed by atoms with Gasteiger partial charge in [-0.1, -0.05) is 35.3 Å². The highest BCUT2D eigenvalue weighted by atomic mass is 127. The first-order chi connectivity index (χ1) is 13.0. The van der Waals surface area contributed by atoms with Crippen molar-refractivity contribution in [2.75, 3.05) is 12.4 Å². The normalized spacial score (nSPS) is 10.5. The molecule has 140 valence electrons. The van der Waals surface area contributed by atoms with E-state index < -0.39 is 0 Å². The van der Waals surface area contributed by atoms with E-state index in [0.717, 1.165) is 31.2 Å². The number of ether oxygens (including phenoxy) is 2. The molecule has 0 saturated carbocycles. The van der Waals surface area contributed by atoms with Gasteiger partial charge in [0.15, 0.2) is 11.5 Å². The van der Waals surface area contributed by atoms with Crippen LogP contribution in [0.25, 0.3) is 0 Å². The van der Waals surface area contributed by atoms with Crippen LogP contribution in [0.5, 0.6) is 11.5 Å². The Labute approximate surface area is 182 Å². The number of rotatable bonds is 7. The van der Waals surface area contributed by atoms with Crippen LogP contribution in [-0.4, -0.2) is 7.11 Å². The van der Waals surface area contributed by atoms with Gasteiger partial charge in [-0.3, -0.25) is 0 Å². The molecule has 0 unspecified atom stereocenters. The molecular formula is C21H18Cl2INO2. The third kappa shape index (κ3) is 5.67. The average molecular weight is 514 g/mol. The molecule has 0 aromatic heterocycles. The van der Waals surface area contributed by atoms with Crippen LogP contribution in [0.3, 0.4) is 0 Å². The second-order valence-electron chi connectivity index (χ2n) is 5.88. The summed E-state index contributed by atoms with van der Waals surface area (Å²) in [5.41, 5.74) is 3.16. The van der Waals surface area contributed by atoms with Crippen LogP contribution in [0.2, 0.25) is 10.0 Å². The Hall–Kier alpha value is -1.63. The predicted molar refractivity (Wildman–Crippen MR) is 120 cm³/mol. The van der Waals surface area contributed by atoms with E-state index in [1.54, 1.807) is 7.11 Å². The lowest BCUT2D eigenvalue weighted by Gasteiger charge is -2.15. The molecule has 0 fully saturated rings.